The van der Waals surface area contributed by atoms with E-state index in [4.69, 9.17) is 11.6 Å². The molecule has 0 amide bonds. The summed E-state index contributed by atoms with van der Waals surface area (Å²) in [5.74, 6) is 0.582. The molecule has 6 nitrogen and oxygen atoms in total. The second-order valence-electron chi connectivity index (χ2n) is 6.70. The van der Waals surface area contributed by atoms with Crippen LogP contribution in [0.3, 0.4) is 0 Å². The van der Waals surface area contributed by atoms with Gasteiger partial charge < -0.3 is 5.32 Å². The van der Waals surface area contributed by atoms with Gasteiger partial charge >= 0.3 is 0 Å². The van der Waals surface area contributed by atoms with Crippen molar-refractivity contribution in [2.24, 2.45) is 0 Å². The number of halogens is 2. The van der Waals surface area contributed by atoms with Crippen LogP contribution in [0.1, 0.15) is 0 Å². The molecular formula is C22H18ClFN4O2S. The van der Waals surface area contributed by atoms with Crippen LogP contribution in [0.5, 0.6) is 0 Å². The number of hydrogen-bond donors (Lipinski definition) is 2. The molecule has 1 heterocycles. The Morgan fingerprint density at radius 1 is 0.903 bits per heavy atom. The molecule has 0 bridgehead atoms. The van der Waals surface area contributed by atoms with Gasteiger partial charge in [0.05, 0.1) is 10.4 Å². The number of fused-ring (bicyclic) bond motifs is 1. The molecule has 0 atom stereocenters. The van der Waals surface area contributed by atoms with Gasteiger partial charge in [-0.2, -0.15) is 0 Å². The van der Waals surface area contributed by atoms with Crippen LogP contribution in [0.25, 0.3) is 22.3 Å². The summed E-state index contributed by atoms with van der Waals surface area (Å²) in [4.78, 5) is 9.30. The first-order valence-corrected chi connectivity index (χ1v) is 11.3. The highest BCUT2D eigenvalue weighted by molar-refractivity contribution is 7.89. The minimum Gasteiger partial charge on any atom is -0.368 e. The first-order valence-electron chi connectivity index (χ1n) is 9.44. The first-order chi connectivity index (χ1) is 14.9. The molecule has 158 valence electrons. The quantitative estimate of drug-likeness (QED) is 0.400. The standard InChI is InChI=1S/C22H18ClFN4O2S/c23-16-8-11-19-20(14-16)27-21(15-6-9-17(24)10-7-15)28-22(19)25-12-13-26-31(29,30)18-4-2-1-3-5-18/h1-11,14,26H,12-13H2,(H,25,27,28). The molecule has 0 saturated heterocycles. The zero-order valence-corrected chi connectivity index (χ0v) is 17.8. The predicted molar refractivity (Wildman–Crippen MR) is 120 cm³/mol. The van der Waals surface area contributed by atoms with Gasteiger partial charge in [-0.3, -0.25) is 0 Å². The zero-order chi connectivity index (χ0) is 21.8. The van der Waals surface area contributed by atoms with E-state index >= 15 is 0 Å². The number of rotatable bonds is 7. The van der Waals surface area contributed by atoms with Crippen LogP contribution in [0.15, 0.2) is 77.7 Å². The summed E-state index contributed by atoms with van der Waals surface area (Å²) in [7, 11) is -3.59. The van der Waals surface area contributed by atoms with Gasteiger partial charge in [0, 0.05) is 29.1 Å². The van der Waals surface area contributed by atoms with Crippen molar-refractivity contribution < 1.29 is 12.8 Å². The number of hydrogen-bond acceptors (Lipinski definition) is 5. The molecule has 0 aliphatic heterocycles. The second-order valence-corrected chi connectivity index (χ2v) is 8.91. The summed E-state index contributed by atoms with van der Waals surface area (Å²) in [6.45, 7) is 0.450. The molecule has 3 aromatic carbocycles. The van der Waals surface area contributed by atoms with Crippen molar-refractivity contribution in [1.29, 1.82) is 0 Å². The van der Waals surface area contributed by atoms with Gasteiger partial charge in [0.25, 0.3) is 0 Å². The van der Waals surface area contributed by atoms with E-state index in [1.165, 1.54) is 24.3 Å². The number of anilines is 1. The van der Waals surface area contributed by atoms with E-state index in [9.17, 15) is 12.8 Å². The van der Waals surface area contributed by atoms with Gasteiger partial charge in [0.15, 0.2) is 5.82 Å². The molecule has 0 unspecified atom stereocenters. The largest absolute Gasteiger partial charge is 0.368 e. The lowest BCUT2D eigenvalue weighted by molar-refractivity contribution is 0.583. The van der Waals surface area contributed by atoms with E-state index in [0.29, 0.717) is 34.3 Å². The first kappa shape index (κ1) is 21.2. The summed E-state index contributed by atoms with van der Waals surface area (Å²) in [6, 6.07) is 19.3. The molecule has 31 heavy (non-hydrogen) atoms. The van der Waals surface area contributed by atoms with Crippen LogP contribution in [0.4, 0.5) is 10.2 Å². The monoisotopic (exact) mass is 456 g/mol. The fourth-order valence-corrected chi connectivity index (χ4v) is 4.23. The maximum Gasteiger partial charge on any atom is 0.240 e. The van der Waals surface area contributed by atoms with Crippen LogP contribution in [-0.2, 0) is 10.0 Å². The molecular weight excluding hydrogens is 439 g/mol. The van der Waals surface area contributed by atoms with Crippen LogP contribution < -0.4 is 10.0 Å². The lowest BCUT2D eigenvalue weighted by Crippen LogP contribution is -2.29. The summed E-state index contributed by atoms with van der Waals surface area (Å²) < 4.78 is 40.5. The number of nitrogens with zero attached hydrogens (tertiary/aromatic N) is 2. The normalized spacial score (nSPS) is 11.5. The molecule has 0 aliphatic carbocycles. The van der Waals surface area contributed by atoms with E-state index in [2.05, 4.69) is 20.0 Å². The highest BCUT2D eigenvalue weighted by Crippen LogP contribution is 2.27. The summed E-state index contributed by atoms with van der Waals surface area (Å²) in [5.41, 5.74) is 1.27. The lowest BCUT2D eigenvalue weighted by Gasteiger charge is -2.12. The smallest absolute Gasteiger partial charge is 0.240 e. The molecule has 9 heteroatoms. The van der Waals surface area contributed by atoms with Crippen molar-refractivity contribution in [1.82, 2.24) is 14.7 Å². The van der Waals surface area contributed by atoms with E-state index in [-0.39, 0.29) is 17.3 Å². The zero-order valence-electron chi connectivity index (χ0n) is 16.2. The average Bonchev–Trinajstić information content (AvgIpc) is 2.77. The Bertz CT molecular complexity index is 1320. The van der Waals surface area contributed by atoms with E-state index in [0.717, 1.165) is 5.39 Å². The number of aromatic nitrogens is 2. The third-order valence-corrected chi connectivity index (χ3v) is 6.24. The molecule has 2 N–H and O–H groups in total. The van der Waals surface area contributed by atoms with Crippen molar-refractivity contribution in [2.75, 3.05) is 18.4 Å². The van der Waals surface area contributed by atoms with E-state index in [1.807, 2.05) is 0 Å². The Hall–Kier alpha value is -3.07. The van der Waals surface area contributed by atoms with E-state index in [1.54, 1.807) is 48.5 Å². The number of benzene rings is 3. The molecule has 1 aromatic heterocycles. The molecule has 0 aliphatic rings. The highest BCUT2D eigenvalue weighted by atomic mass is 35.5. The molecule has 0 spiro atoms. The SMILES string of the molecule is O=S(=O)(NCCNc1nc(-c2ccc(F)cc2)nc2cc(Cl)ccc12)c1ccccc1. The van der Waals surface area contributed by atoms with Gasteiger partial charge in [-0.05, 0) is 54.6 Å². The highest BCUT2D eigenvalue weighted by Gasteiger charge is 2.13. The van der Waals surface area contributed by atoms with Crippen molar-refractivity contribution in [3.63, 3.8) is 0 Å². The topological polar surface area (TPSA) is 84.0 Å². The fourth-order valence-electron chi connectivity index (χ4n) is 3.01. The van der Waals surface area contributed by atoms with Crippen molar-refractivity contribution in [3.05, 3.63) is 83.6 Å². The molecule has 4 aromatic rings. The predicted octanol–water partition coefficient (Wildman–Crippen LogP) is 4.48. The van der Waals surface area contributed by atoms with Crippen LogP contribution >= 0.6 is 11.6 Å². The second kappa shape index (κ2) is 8.97. The average molecular weight is 457 g/mol. The number of nitrogens with one attached hydrogen (secondary N) is 2. The van der Waals surface area contributed by atoms with Gasteiger partial charge in [0.1, 0.15) is 11.6 Å². The van der Waals surface area contributed by atoms with Gasteiger partial charge in [-0.1, -0.05) is 29.8 Å². The van der Waals surface area contributed by atoms with Crippen LogP contribution in [-0.4, -0.2) is 31.5 Å². The lowest BCUT2D eigenvalue weighted by atomic mass is 10.2. The summed E-state index contributed by atoms with van der Waals surface area (Å²) in [6.07, 6.45) is 0. The van der Waals surface area contributed by atoms with Gasteiger partial charge in [0.2, 0.25) is 10.0 Å². The summed E-state index contributed by atoms with van der Waals surface area (Å²) in [5, 5.41) is 4.42. The Morgan fingerprint density at radius 3 is 2.39 bits per heavy atom. The Labute approximate surface area is 184 Å². The van der Waals surface area contributed by atoms with Gasteiger partial charge in [-0.25, -0.2) is 27.5 Å². The van der Waals surface area contributed by atoms with Crippen molar-refractivity contribution in [3.8, 4) is 11.4 Å². The Kier molecular flexibility index (Phi) is 6.13. The number of sulfonamides is 1. The van der Waals surface area contributed by atoms with Crippen LogP contribution in [0, 0.1) is 5.82 Å². The molecule has 0 fully saturated rings. The maximum atomic E-state index is 13.3. The third-order valence-electron chi connectivity index (χ3n) is 4.52. The fraction of sp³-hybridized carbons (Fsp3) is 0.0909. The Morgan fingerprint density at radius 2 is 1.65 bits per heavy atom. The van der Waals surface area contributed by atoms with Crippen LogP contribution in [0.2, 0.25) is 5.02 Å². The van der Waals surface area contributed by atoms with Crippen molar-refractivity contribution in [2.45, 2.75) is 4.90 Å². The van der Waals surface area contributed by atoms with Crippen molar-refractivity contribution >= 4 is 38.3 Å². The molecule has 0 radical (unpaired) electrons. The summed E-state index contributed by atoms with van der Waals surface area (Å²) >= 11 is 6.12. The Balaban J connectivity index is 1.56. The minimum atomic E-state index is -3.59. The third kappa shape index (κ3) is 4.99. The molecule has 0 saturated carbocycles. The maximum absolute atomic E-state index is 13.3. The minimum absolute atomic E-state index is 0.155. The van der Waals surface area contributed by atoms with Gasteiger partial charge in [-0.15, -0.1) is 0 Å². The van der Waals surface area contributed by atoms with E-state index < -0.39 is 10.0 Å². The molecule has 4 rings (SSSR count).